The van der Waals surface area contributed by atoms with Gasteiger partial charge >= 0.3 is 0 Å². The van der Waals surface area contributed by atoms with Crippen molar-refractivity contribution < 1.29 is 4.79 Å². The van der Waals surface area contributed by atoms with Crippen LogP contribution in [0.5, 0.6) is 0 Å². The van der Waals surface area contributed by atoms with Crippen molar-refractivity contribution in [3.05, 3.63) is 47.0 Å². The Hall–Kier alpha value is -1.43. The highest BCUT2D eigenvalue weighted by Gasteiger charge is 2.20. The Kier molecular flexibility index (Phi) is 7.51. The van der Waals surface area contributed by atoms with E-state index in [4.69, 9.17) is 5.73 Å². The maximum Gasteiger partial charge on any atom is 0.243 e. The average molecular weight is 340 g/mol. The summed E-state index contributed by atoms with van der Waals surface area (Å²) in [6, 6.07) is 9.71. The fourth-order valence-corrected chi connectivity index (χ4v) is 2.79. The molecule has 0 radical (unpaired) electrons. The standard InChI is InChI=1S/C16H21N3OS.ClH/c1-3-11(2)14(17)15(20)19-16-18-10-13(21-16)9-12-7-5-4-6-8-12;/h4-8,10-11,14H,3,9,17H2,1-2H3,(H,18,19,20);1H. The minimum absolute atomic E-state index is 0. The first-order chi connectivity index (χ1) is 10.1. The summed E-state index contributed by atoms with van der Waals surface area (Å²) in [7, 11) is 0. The van der Waals surface area contributed by atoms with Gasteiger partial charge in [-0.1, -0.05) is 50.6 Å². The Bertz CT molecular complexity index is 588. The summed E-state index contributed by atoms with van der Waals surface area (Å²) >= 11 is 1.49. The van der Waals surface area contributed by atoms with Gasteiger partial charge in [0.1, 0.15) is 0 Å². The average Bonchev–Trinajstić information content (AvgIpc) is 2.93. The first kappa shape index (κ1) is 18.6. The molecule has 0 aliphatic heterocycles. The summed E-state index contributed by atoms with van der Waals surface area (Å²) in [6.07, 6.45) is 3.51. The Balaban J connectivity index is 0.00000242. The lowest BCUT2D eigenvalue weighted by atomic mass is 10.00. The van der Waals surface area contributed by atoms with Crippen molar-refractivity contribution in [2.75, 3.05) is 5.32 Å². The van der Waals surface area contributed by atoms with Crippen molar-refractivity contribution in [3.8, 4) is 0 Å². The van der Waals surface area contributed by atoms with Crippen LogP contribution in [0.2, 0.25) is 0 Å². The number of amides is 1. The van der Waals surface area contributed by atoms with E-state index in [0.717, 1.165) is 17.7 Å². The molecule has 0 fully saturated rings. The van der Waals surface area contributed by atoms with Crippen LogP contribution in [-0.2, 0) is 11.2 Å². The van der Waals surface area contributed by atoms with Crippen molar-refractivity contribution in [1.82, 2.24) is 4.98 Å². The number of hydrogen-bond acceptors (Lipinski definition) is 4. The molecule has 3 N–H and O–H groups in total. The fraction of sp³-hybridized carbons (Fsp3) is 0.375. The summed E-state index contributed by atoms with van der Waals surface area (Å²) in [6.45, 7) is 4.01. The highest BCUT2D eigenvalue weighted by molar-refractivity contribution is 7.15. The number of aromatic nitrogens is 1. The zero-order valence-electron chi connectivity index (χ0n) is 12.8. The molecular formula is C16H22ClN3OS. The molecule has 0 aliphatic rings. The van der Waals surface area contributed by atoms with Gasteiger partial charge < -0.3 is 11.1 Å². The quantitative estimate of drug-likeness (QED) is 0.846. The molecule has 1 aromatic carbocycles. The molecule has 22 heavy (non-hydrogen) atoms. The van der Waals surface area contributed by atoms with E-state index in [2.05, 4.69) is 22.4 Å². The molecule has 4 nitrogen and oxygen atoms in total. The van der Waals surface area contributed by atoms with E-state index in [1.54, 1.807) is 0 Å². The number of anilines is 1. The Morgan fingerprint density at radius 2 is 2.05 bits per heavy atom. The number of nitrogens with two attached hydrogens (primary N) is 1. The number of thiazole rings is 1. The lowest BCUT2D eigenvalue weighted by molar-refractivity contribution is -0.118. The van der Waals surface area contributed by atoms with E-state index in [1.165, 1.54) is 16.9 Å². The highest BCUT2D eigenvalue weighted by atomic mass is 35.5. The molecule has 0 saturated heterocycles. The second-order valence-corrected chi connectivity index (χ2v) is 6.31. The number of hydrogen-bond donors (Lipinski definition) is 2. The van der Waals surface area contributed by atoms with Gasteiger partial charge in [0.15, 0.2) is 5.13 Å². The molecule has 0 aliphatic carbocycles. The van der Waals surface area contributed by atoms with Crippen molar-refractivity contribution in [2.45, 2.75) is 32.7 Å². The second-order valence-electron chi connectivity index (χ2n) is 5.19. The topological polar surface area (TPSA) is 68.0 Å². The van der Waals surface area contributed by atoms with Crippen LogP contribution in [0.15, 0.2) is 36.5 Å². The Labute approximate surface area is 141 Å². The lowest BCUT2D eigenvalue weighted by Crippen LogP contribution is -2.40. The monoisotopic (exact) mass is 339 g/mol. The maximum atomic E-state index is 12.0. The number of benzene rings is 1. The van der Waals surface area contributed by atoms with E-state index < -0.39 is 6.04 Å². The van der Waals surface area contributed by atoms with E-state index in [9.17, 15) is 4.79 Å². The summed E-state index contributed by atoms with van der Waals surface area (Å²) < 4.78 is 0. The molecule has 1 heterocycles. The van der Waals surface area contributed by atoms with Crippen LogP contribution in [0.3, 0.4) is 0 Å². The first-order valence-electron chi connectivity index (χ1n) is 7.15. The van der Waals surface area contributed by atoms with Gasteiger partial charge in [0.2, 0.25) is 5.91 Å². The van der Waals surface area contributed by atoms with Crippen molar-refractivity contribution in [1.29, 1.82) is 0 Å². The molecule has 6 heteroatoms. The fourth-order valence-electron chi connectivity index (χ4n) is 1.95. The van der Waals surface area contributed by atoms with Crippen LogP contribution in [-0.4, -0.2) is 16.9 Å². The van der Waals surface area contributed by atoms with Gasteiger partial charge in [0, 0.05) is 17.5 Å². The first-order valence-corrected chi connectivity index (χ1v) is 7.97. The number of carbonyl (C=O) groups excluding carboxylic acids is 1. The molecular weight excluding hydrogens is 318 g/mol. The third-order valence-corrected chi connectivity index (χ3v) is 4.48. The van der Waals surface area contributed by atoms with Gasteiger partial charge in [-0.3, -0.25) is 4.79 Å². The highest BCUT2D eigenvalue weighted by Crippen LogP contribution is 2.21. The van der Waals surface area contributed by atoms with E-state index in [0.29, 0.717) is 5.13 Å². The van der Waals surface area contributed by atoms with Gasteiger partial charge in [-0.05, 0) is 11.5 Å². The number of nitrogens with one attached hydrogen (secondary N) is 1. The van der Waals surface area contributed by atoms with Gasteiger partial charge in [0.05, 0.1) is 6.04 Å². The molecule has 1 aromatic heterocycles. The SMILES string of the molecule is CCC(C)C(N)C(=O)Nc1ncc(Cc2ccccc2)s1.Cl. The Morgan fingerprint density at radius 1 is 1.36 bits per heavy atom. The number of halogens is 1. The molecule has 2 unspecified atom stereocenters. The van der Waals surface area contributed by atoms with Crippen molar-refractivity contribution in [2.24, 2.45) is 11.7 Å². The van der Waals surface area contributed by atoms with Gasteiger partial charge in [-0.15, -0.1) is 23.7 Å². The number of carbonyl (C=O) groups is 1. The van der Waals surface area contributed by atoms with E-state index in [1.807, 2.05) is 38.2 Å². The smallest absolute Gasteiger partial charge is 0.243 e. The molecule has 0 spiro atoms. The van der Waals surface area contributed by atoms with Crippen LogP contribution in [0.1, 0.15) is 30.7 Å². The predicted molar refractivity (Wildman–Crippen MR) is 94.7 cm³/mol. The minimum atomic E-state index is -0.489. The van der Waals surface area contributed by atoms with E-state index >= 15 is 0 Å². The predicted octanol–water partition coefficient (Wildman–Crippen LogP) is 3.47. The van der Waals surface area contributed by atoms with Crippen LogP contribution in [0.25, 0.3) is 0 Å². The maximum absolute atomic E-state index is 12.0. The van der Waals surface area contributed by atoms with Crippen molar-refractivity contribution in [3.63, 3.8) is 0 Å². The summed E-state index contributed by atoms with van der Waals surface area (Å²) in [5.41, 5.74) is 7.15. The number of rotatable bonds is 6. The third-order valence-electron chi connectivity index (χ3n) is 3.56. The molecule has 2 atom stereocenters. The van der Waals surface area contributed by atoms with Crippen LogP contribution in [0.4, 0.5) is 5.13 Å². The zero-order valence-corrected chi connectivity index (χ0v) is 14.4. The van der Waals surface area contributed by atoms with Crippen LogP contribution < -0.4 is 11.1 Å². The molecule has 120 valence electrons. The van der Waals surface area contributed by atoms with E-state index in [-0.39, 0.29) is 24.2 Å². The zero-order chi connectivity index (χ0) is 15.2. The van der Waals surface area contributed by atoms with Gasteiger partial charge in [-0.25, -0.2) is 4.98 Å². The molecule has 1 amide bonds. The van der Waals surface area contributed by atoms with Crippen LogP contribution in [0, 0.1) is 5.92 Å². The molecule has 0 bridgehead atoms. The van der Waals surface area contributed by atoms with Crippen LogP contribution >= 0.6 is 23.7 Å². The summed E-state index contributed by atoms with van der Waals surface area (Å²) in [5.74, 6) is -0.00119. The second kappa shape index (κ2) is 8.88. The van der Waals surface area contributed by atoms with Gasteiger partial charge in [-0.2, -0.15) is 0 Å². The summed E-state index contributed by atoms with van der Waals surface area (Å²) in [4.78, 5) is 17.4. The minimum Gasteiger partial charge on any atom is -0.320 e. The Morgan fingerprint density at radius 3 is 2.68 bits per heavy atom. The molecule has 2 rings (SSSR count). The van der Waals surface area contributed by atoms with Gasteiger partial charge in [0.25, 0.3) is 0 Å². The third kappa shape index (κ3) is 5.09. The van der Waals surface area contributed by atoms with Crippen molar-refractivity contribution >= 4 is 34.8 Å². The number of nitrogens with zero attached hydrogens (tertiary/aromatic N) is 1. The molecule has 0 saturated carbocycles. The lowest BCUT2D eigenvalue weighted by Gasteiger charge is -2.16. The molecule has 2 aromatic rings. The largest absolute Gasteiger partial charge is 0.320 e. The normalized spacial score (nSPS) is 13.0. The summed E-state index contributed by atoms with van der Waals surface area (Å²) in [5, 5.41) is 3.42.